The zero-order chi connectivity index (χ0) is 11.9. The molecule has 0 aromatic carbocycles. The molecule has 0 saturated carbocycles. The summed E-state index contributed by atoms with van der Waals surface area (Å²) in [5, 5.41) is 6.42. The standard InChI is InChI=1S/C12H15N3S2/c1-10-3-7-16-11(10)9-13-6-8-17-12-14-4-2-5-15-12/h2-5,7,13H,6,8-9H2,1H3. The van der Waals surface area contributed by atoms with Crippen molar-refractivity contribution in [3.63, 3.8) is 0 Å². The van der Waals surface area contributed by atoms with Gasteiger partial charge >= 0.3 is 0 Å². The van der Waals surface area contributed by atoms with Crippen molar-refractivity contribution in [2.24, 2.45) is 0 Å². The fourth-order valence-corrected chi connectivity index (χ4v) is 2.94. The lowest BCUT2D eigenvalue weighted by Crippen LogP contribution is -2.16. The number of hydrogen-bond acceptors (Lipinski definition) is 5. The third-order valence-electron chi connectivity index (χ3n) is 2.31. The molecule has 90 valence electrons. The van der Waals surface area contributed by atoms with Gasteiger partial charge in [0.1, 0.15) is 0 Å². The predicted molar refractivity (Wildman–Crippen MR) is 73.5 cm³/mol. The lowest BCUT2D eigenvalue weighted by molar-refractivity contribution is 0.737. The average molecular weight is 265 g/mol. The van der Waals surface area contributed by atoms with Crippen LogP contribution in [0.15, 0.2) is 35.1 Å². The summed E-state index contributed by atoms with van der Waals surface area (Å²) in [6.07, 6.45) is 3.55. The minimum absolute atomic E-state index is 0.849. The summed E-state index contributed by atoms with van der Waals surface area (Å²) in [6, 6.07) is 4.00. The summed E-state index contributed by atoms with van der Waals surface area (Å²) in [7, 11) is 0. The smallest absolute Gasteiger partial charge is 0.187 e. The highest BCUT2D eigenvalue weighted by molar-refractivity contribution is 7.99. The van der Waals surface area contributed by atoms with Gasteiger partial charge in [-0.2, -0.15) is 0 Å². The molecule has 0 amide bonds. The van der Waals surface area contributed by atoms with E-state index in [0.29, 0.717) is 0 Å². The Kier molecular flexibility index (Phi) is 4.97. The maximum absolute atomic E-state index is 4.17. The molecule has 0 radical (unpaired) electrons. The Morgan fingerprint density at radius 2 is 2.18 bits per heavy atom. The first-order valence-corrected chi connectivity index (χ1v) is 7.36. The van der Waals surface area contributed by atoms with Gasteiger partial charge < -0.3 is 5.32 Å². The summed E-state index contributed by atoms with van der Waals surface area (Å²) < 4.78 is 0. The van der Waals surface area contributed by atoms with Crippen LogP contribution in [0.3, 0.4) is 0 Å². The van der Waals surface area contributed by atoms with Gasteiger partial charge in [0.25, 0.3) is 0 Å². The van der Waals surface area contributed by atoms with Gasteiger partial charge in [0.05, 0.1) is 0 Å². The molecular weight excluding hydrogens is 250 g/mol. The highest BCUT2D eigenvalue weighted by Crippen LogP contribution is 2.15. The van der Waals surface area contributed by atoms with Crippen LogP contribution in [0.4, 0.5) is 0 Å². The van der Waals surface area contributed by atoms with Gasteiger partial charge in [-0.1, -0.05) is 11.8 Å². The van der Waals surface area contributed by atoms with Crippen molar-refractivity contribution in [2.75, 3.05) is 12.3 Å². The first kappa shape index (κ1) is 12.5. The second-order valence-electron chi connectivity index (χ2n) is 3.58. The summed E-state index contributed by atoms with van der Waals surface area (Å²) >= 11 is 3.49. The van der Waals surface area contributed by atoms with Crippen molar-refractivity contribution in [1.82, 2.24) is 15.3 Å². The fraction of sp³-hybridized carbons (Fsp3) is 0.333. The second-order valence-corrected chi connectivity index (χ2v) is 5.65. The van der Waals surface area contributed by atoms with Crippen molar-refractivity contribution in [1.29, 1.82) is 0 Å². The number of hydrogen-bond donors (Lipinski definition) is 1. The number of aromatic nitrogens is 2. The second kappa shape index (κ2) is 6.74. The maximum atomic E-state index is 4.17. The lowest BCUT2D eigenvalue weighted by Gasteiger charge is -2.03. The molecule has 3 nitrogen and oxygen atoms in total. The molecule has 0 atom stereocenters. The van der Waals surface area contributed by atoms with Crippen molar-refractivity contribution >= 4 is 23.1 Å². The first-order chi connectivity index (χ1) is 8.36. The molecule has 0 aliphatic carbocycles. The van der Waals surface area contributed by atoms with Crippen LogP contribution in [0, 0.1) is 6.92 Å². The Bertz CT molecular complexity index is 442. The zero-order valence-electron chi connectivity index (χ0n) is 9.72. The van der Waals surface area contributed by atoms with Gasteiger partial charge in [0, 0.05) is 36.1 Å². The average Bonchev–Trinajstić information content (AvgIpc) is 2.76. The van der Waals surface area contributed by atoms with Gasteiger partial charge in [-0.05, 0) is 30.0 Å². The Hall–Kier alpha value is -0.910. The number of nitrogens with zero attached hydrogens (tertiary/aromatic N) is 2. The minimum atomic E-state index is 0.849. The molecule has 2 heterocycles. The Morgan fingerprint density at radius 1 is 1.35 bits per heavy atom. The van der Waals surface area contributed by atoms with E-state index in [1.54, 1.807) is 24.2 Å². The van der Waals surface area contributed by atoms with Crippen LogP contribution in [0.2, 0.25) is 0 Å². The molecule has 0 unspecified atom stereocenters. The van der Waals surface area contributed by atoms with Gasteiger partial charge in [0.15, 0.2) is 5.16 Å². The minimum Gasteiger partial charge on any atom is -0.311 e. The monoisotopic (exact) mass is 265 g/mol. The molecule has 2 rings (SSSR count). The van der Waals surface area contributed by atoms with Crippen molar-refractivity contribution in [3.05, 3.63) is 40.3 Å². The quantitative estimate of drug-likeness (QED) is 0.495. The van der Waals surface area contributed by atoms with Crippen LogP contribution >= 0.6 is 23.1 Å². The Morgan fingerprint density at radius 3 is 2.88 bits per heavy atom. The molecule has 0 spiro atoms. The summed E-state index contributed by atoms with van der Waals surface area (Å²) in [6.45, 7) is 4.08. The van der Waals surface area contributed by atoms with Crippen LogP contribution in [0.5, 0.6) is 0 Å². The molecule has 0 bridgehead atoms. The van der Waals surface area contributed by atoms with Crippen molar-refractivity contribution < 1.29 is 0 Å². The van der Waals surface area contributed by atoms with Gasteiger partial charge in [0.2, 0.25) is 0 Å². The van der Waals surface area contributed by atoms with Crippen LogP contribution < -0.4 is 5.32 Å². The Balaban J connectivity index is 1.63. The maximum Gasteiger partial charge on any atom is 0.187 e. The number of aryl methyl sites for hydroxylation is 1. The molecule has 0 fully saturated rings. The number of rotatable bonds is 6. The van der Waals surface area contributed by atoms with E-state index in [1.807, 2.05) is 17.4 Å². The molecule has 0 aliphatic rings. The highest BCUT2D eigenvalue weighted by atomic mass is 32.2. The molecule has 0 aliphatic heterocycles. The largest absolute Gasteiger partial charge is 0.311 e. The lowest BCUT2D eigenvalue weighted by atomic mass is 10.3. The topological polar surface area (TPSA) is 37.8 Å². The van der Waals surface area contributed by atoms with Gasteiger partial charge in [-0.3, -0.25) is 0 Å². The van der Waals surface area contributed by atoms with E-state index in [-0.39, 0.29) is 0 Å². The van der Waals surface area contributed by atoms with Crippen LogP contribution in [0.1, 0.15) is 10.4 Å². The summed E-state index contributed by atoms with van der Waals surface area (Å²) in [5.74, 6) is 0.994. The van der Waals surface area contributed by atoms with Crippen molar-refractivity contribution in [3.8, 4) is 0 Å². The predicted octanol–water partition coefficient (Wildman–Crippen LogP) is 2.73. The number of nitrogens with one attached hydrogen (secondary N) is 1. The van der Waals surface area contributed by atoms with E-state index in [0.717, 1.165) is 24.0 Å². The number of thiophene rings is 1. The third kappa shape index (κ3) is 4.11. The van der Waals surface area contributed by atoms with E-state index in [2.05, 4.69) is 33.7 Å². The highest BCUT2D eigenvalue weighted by Gasteiger charge is 1.99. The van der Waals surface area contributed by atoms with Crippen LogP contribution in [-0.4, -0.2) is 22.3 Å². The van der Waals surface area contributed by atoms with Gasteiger partial charge in [-0.15, -0.1) is 11.3 Å². The van der Waals surface area contributed by atoms with E-state index in [9.17, 15) is 0 Å². The normalized spacial score (nSPS) is 10.6. The van der Waals surface area contributed by atoms with E-state index >= 15 is 0 Å². The third-order valence-corrected chi connectivity index (χ3v) is 4.21. The van der Waals surface area contributed by atoms with Crippen LogP contribution in [-0.2, 0) is 6.54 Å². The molecule has 17 heavy (non-hydrogen) atoms. The molecular formula is C12H15N3S2. The molecule has 2 aromatic rings. The molecule has 1 N–H and O–H groups in total. The fourth-order valence-electron chi connectivity index (χ4n) is 1.36. The van der Waals surface area contributed by atoms with E-state index < -0.39 is 0 Å². The summed E-state index contributed by atoms with van der Waals surface area (Å²) in [5.41, 5.74) is 1.38. The molecule has 0 saturated heterocycles. The molecule has 2 aromatic heterocycles. The Labute approximate surface area is 110 Å². The van der Waals surface area contributed by atoms with Gasteiger partial charge in [-0.25, -0.2) is 9.97 Å². The van der Waals surface area contributed by atoms with Crippen molar-refractivity contribution in [2.45, 2.75) is 18.6 Å². The van der Waals surface area contributed by atoms with Crippen LogP contribution in [0.25, 0.3) is 0 Å². The SMILES string of the molecule is Cc1ccsc1CNCCSc1ncccn1. The summed E-state index contributed by atoms with van der Waals surface area (Å²) in [4.78, 5) is 9.76. The van der Waals surface area contributed by atoms with E-state index in [4.69, 9.17) is 0 Å². The van der Waals surface area contributed by atoms with E-state index in [1.165, 1.54) is 10.4 Å². The first-order valence-electron chi connectivity index (χ1n) is 5.50. The number of thioether (sulfide) groups is 1. The zero-order valence-corrected chi connectivity index (χ0v) is 11.4. The molecule has 5 heteroatoms.